The van der Waals surface area contributed by atoms with Gasteiger partial charge in [-0.2, -0.15) is 0 Å². The summed E-state index contributed by atoms with van der Waals surface area (Å²) in [7, 11) is 0. The summed E-state index contributed by atoms with van der Waals surface area (Å²) in [6, 6.07) is 3.36. The quantitative estimate of drug-likeness (QED) is 0.405. The lowest BCUT2D eigenvalue weighted by molar-refractivity contribution is -0.484. The molecule has 0 bridgehead atoms. The highest BCUT2D eigenvalue weighted by atomic mass is 16.6. The Balaban J connectivity index is 2.85. The predicted molar refractivity (Wildman–Crippen MR) is 57.8 cm³/mol. The zero-order valence-corrected chi connectivity index (χ0v) is 9.17. The molecule has 1 aromatic rings. The summed E-state index contributed by atoms with van der Waals surface area (Å²) in [6.45, 7) is 1.68. The van der Waals surface area contributed by atoms with Gasteiger partial charge in [-0.15, -0.1) is 0 Å². The summed E-state index contributed by atoms with van der Waals surface area (Å²) in [5.74, 6) is -0.286. The molecule has 0 N–H and O–H groups in total. The molecule has 0 saturated heterocycles. The Labute approximate surface area is 93.6 Å². The Morgan fingerprint density at radius 3 is 2.81 bits per heavy atom. The Kier molecular flexibility index (Phi) is 4.69. The van der Waals surface area contributed by atoms with E-state index in [0.717, 1.165) is 12.7 Å². The number of hydrogen-bond donors (Lipinski definition) is 0. The molecule has 1 aromatic heterocycles. The van der Waals surface area contributed by atoms with Crippen molar-refractivity contribution in [2.45, 2.75) is 25.7 Å². The van der Waals surface area contributed by atoms with Gasteiger partial charge in [-0.3, -0.25) is 10.1 Å². The maximum Gasteiger partial charge on any atom is 0.214 e. The minimum Gasteiger partial charge on any atom is -0.469 e. The van der Waals surface area contributed by atoms with Crippen molar-refractivity contribution in [2.24, 2.45) is 5.92 Å². The minimum absolute atomic E-state index is 0.267. The third kappa shape index (κ3) is 3.18. The molecule has 0 aliphatic heterocycles. The van der Waals surface area contributed by atoms with E-state index >= 15 is 0 Å². The molecule has 0 unspecified atom stereocenters. The minimum atomic E-state index is -0.456. The highest BCUT2D eigenvalue weighted by Crippen LogP contribution is 2.27. The number of rotatable bonds is 7. The fourth-order valence-corrected chi connectivity index (χ4v) is 1.80. The molecule has 0 saturated carbocycles. The normalized spacial score (nSPS) is 14.3. The van der Waals surface area contributed by atoms with E-state index in [-0.39, 0.29) is 12.5 Å². The molecule has 0 aliphatic carbocycles. The van der Waals surface area contributed by atoms with Crippen LogP contribution in [-0.2, 0) is 4.79 Å². The first-order valence-corrected chi connectivity index (χ1v) is 5.29. The second-order valence-electron chi connectivity index (χ2n) is 3.73. The van der Waals surface area contributed by atoms with Gasteiger partial charge >= 0.3 is 0 Å². The number of carbonyl (C=O) groups is 1. The van der Waals surface area contributed by atoms with Gasteiger partial charge in [-0.25, -0.2) is 0 Å². The Morgan fingerprint density at radius 1 is 1.62 bits per heavy atom. The second-order valence-corrected chi connectivity index (χ2v) is 3.73. The van der Waals surface area contributed by atoms with Crippen LogP contribution in [0.15, 0.2) is 22.8 Å². The van der Waals surface area contributed by atoms with Gasteiger partial charge in [0.25, 0.3) is 0 Å². The van der Waals surface area contributed by atoms with Gasteiger partial charge < -0.3 is 9.21 Å². The Hall–Kier alpha value is -1.65. The predicted octanol–water partition coefficient (Wildman–Crippen LogP) is 2.26. The van der Waals surface area contributed by atoms with Crippen molar-refractivity contribution in [1.29, 1.82) is 0 Å². The summed E-state index contributed by atoms with van der Waals surface area (Å²) < 4.78 is 5.16. The second kappa shape index (κ2) is 6.05. The van der Waals surface area contributed by atoms with E-state index in [1.165, 1.54) is 6.26 Å². The smallest absolute Gasteiger partial charge is 0.214 e. The number of hydrogen-bond acceptors (Lipinski definition) is 4. The highest BCUT2D eigenvalue weighted by Gasteiger charge is 2.29. The molecule has 0 aliphatic rings. The van der Waals surface area contributed by atoms with Crippen molar-refractivity contribution >= 4 is 6.29 Å². The third-order valence-corrected chi connectivity index (χ3v) is 2.57. The number of carbonyl (C=O) groups excluding carboxylic acids is 1. The van der Waals surface area contributed by atoms with Crippen LogP contribution in [0.1, 0.15) is 31.4 Å². The summed E-state index contributed by atoms with van der Waals surface area (Å²) in [5, 5.41) is 10.6. The van der Waals surface area contributed by atoms with Crippen molar-refractivity contribution in [3.8, 4) is 0 Å². The van der Waals surface area contributed by atoms with E-state index in [9.17, 15) is 14.9 Å². The summed E-state index contributed by atoms with van der Waals surface area (Å²) in [6.07, 6.45) is 3.72. The van der Waals surface area contributed by atoms with E-state index in [2.05, 4.69) is 0 Å². The zero-order valence-electron chi connectivity index (χ0n) is 9.17. The fraction of sp³-hybridized carbons (Fsp3) is 0.545. The van der Waals surface area contributed by atoms with Gasteiger partial charge in [0.2, 0.25) is 6.54 Å². The standard InChI is InChI=1S/C11H15NO4/c1-2-4-9(8-13)10(7-12(14)15)11-5-3-6-16-11/h3,5-6,8-10H,2,4,7H2,1H3/t9-,10+/m0/s1. The van der Waals surface area contributed by atoms with Gasteiger partial charge in [0, 0.05) is 10.8 Å². The van der Waals surface area contributed by atoms with E-state index in [0.29, 0.717) is 12.2 Å². The van der Waals surface area contributed by atoms with Gasteiger partial charge in [-0.05, 0) is 18.6 Å². The van der Waals surface area contributed by atoms with Crippen LogP contribution in [0.4, 0.5) is 0 Å². The number of nitro groups is 1. The number of aldehydes is 1. The van der Waals surface area contributed by atoms with Crippen molar-refractivity contribution in [2.75, 3.05) is 6.54 Å². The van der Waals surface area contributed by atoms with E-state index < -0.39 is 10.8 Å². The first-order valence-electron chi connectivity index (χ1n) is 5.29. The Morgan fingerprint density at radius 2 is 2.38 bits per heavy atom. The lowest BCUT2D eigenvalue weighted by Crippen LogP contribution is -2.22. The molecule has 16 heavy (non-hydrogen) atoms. The molecule has 1 heterocycles. The molecular formula is C11H15NO4. The molecule has 0 aromatic carbocycles. The van der Waals surface area contributed by atoms with Gasteiger partial charge in [0.15, 0.2) is 0 Å². The lowest BCUT2D eigenvalue weighted by Gasteiger charge is -2.16. The van der Waals surface area contributed by atoms with Crippen molar-refractivity contribution < 1.29 is 14.1 Å². The molecule has 5 nitrogen and oxygen atoms in total. The molecule has 0 spiro atoms. The fourth-order valence-electron chi connectivity index (χ4n) is 1.80. The SMILES string of the molecule is CCC[C@@H](C=O)[C@@H](C[N+](=O)[O-])c1ccco1. The van der Waals surface area contributed by atoms with Gasteiger partial charge in [0.05, 0.1) is 12.2 Å². The highest BCUT2D eigenvalue weighted by molar-refractivity contribution is 5.55. The Bertz CT molecular complexity index is 334. The number of nitrogens with zero attached hydrogens (tertiary/aromatic N) is 1. The van der Waals surface area contributed by atoms with Crippen LogP contribution in [0.25, 0.3) is 0 Å². The van der Waals surface area contributed by atoms with Crippen LogP contribution in [0.2, 0.25) is 0 Å². The molecule has 0 fully saturated rings. The monoisotopic (exact) mass is 225 g/mol. The average Bonchev–Trinajstić information content (AvgIpc) is 2.76. The summed E-state index contributed by atoms with van der Waals surface area (Å²) in [4.78, 5) is 21.1. The van der Waals surface area contributed by atoms with Crippen molar-refractivity contribution in [3.63, 3.8) is 0 Å². The van der Waals surface area contributed by atoms with Crippen LogP contribution in [0, 0.1) is 16.0 Å². The summed E-state index contributed by atoms with van der Waals surface area (Å²) in [5.41, 5.74) is 0. The van der Waals surface area contributed by atoms with Gasteiger partial charge in [0.1, 0.15) is 12.0 Å². The maximum absolute atomic E-state index is 10.9. The topological polar surface area (TPSA) is 73.3 Å². The van der Waals surface area contributed by atoms with Crippen LogP contribution in [0.3, 0.4) is 0 Å². The van der Waals surface area contributed by atoms with E-state index in [1.54, 1.807) is 12.1 Å². The van der Waals surface area contributed by atoms with Crippen LogP contribution < -0.4 is 0 Å². The van der Waals surface area contributed by atoms with E-state index in [1.807, 2.05) is 6.92 Å². The average molecular weight is 225 g/mol. The van der Waals surface area contributed by atoms with Crippen molar-refractivity contribution in [3.05, 3.63) is 34.3 Å². The maximum atomic E-state index is 10.9. The molecule has 2 atom stereocenters. The first kappa shape index (κ1) is 12.4. The first-order chi connectivity index (χ1) is 7.69. The molecule has 5 heteroatoms. The zero-order chi connectivity index (χ0) is 12.0. The molecule has 88 valence electrons. The van der Waals surface area contributed by atoms with Gasteiger partial charge in [-0.1, -0.05) is 13.3 Å². The molecule has 1 rings (SSSR count). The van der Waals surface area contributed by atoms with Crippen LogP contribution in [-0.4, -0.2) is 17.8 Å². The van der Waals surface area contributed by atoms with E-state index in [4.69, 9.17) is 4.42 Å². The van der Waals surface area contributed by atoms with Crippen LogP contribution in [0.5, 0.6) is 0 Å². The number of furan rings is 1. The van der Waals surface area contributed by atoms with Crippen LogP contribution >= 0.6 is 0 Å². The molecule has 0 radical (unpaired) electrons. The lowest BCUT2D eigenvalue weighted by atomic mass is 9.88. The van der Waals surface area contributed by atoms with Crippen molar-refractivity contribution in [1.82, 2.24) is 0 Å². The largest absolute Gasteiger partial charge is 0.469 e. The molecule has 0 amide bonds. The summed E-state index contributed by atoms with van der Waals surface area (Å²) >= 11 is 0. The third-order valence-electron chi connectivity index (χ3n) is 2.57. The molecular weight excluding hydrogens is 210 g/mol.